The Hall–Kier alpha value is 0.0195. The van der Waals surface area contributed by atoms with Gasteiger partial charge in [0.2, 0.25) is 6.33 Å². The molecule has 60 valence electrons. The van der Waals surface area contributed by atoms with Gasteiger partial charge in [-0.05, 0) is 6.92 Å². The van der Waals surface area contributed by atoms with Crippen LogP contribution in [0.5, 0.6) is 0 Å². The Morgan fingerprint density at radius 2 is 2.10 bits per heavy atom. The van der Waals surface area contributed by atoms with Crippen LogP contribution in [0.25, 0.3) is 0 Å². The van der Waals surface area contributed by atoms with Gasteiger partial charge in [0.05, 0.1) is 13.6 Å². The first-order valence-corrected chi connectivity index (χ1v) is 2.84. The Balaban J connectivity index is 0. The van der Waals surface area contributed by atoms with E-state index in [2.05, 4.69) is 24.0 Å². The SMILES string of the molecule is CC[n+]1ccn(C)c1.[Cl-].[Fe]. The number of aryl methyl sites for hydroxylation is 2. The summed E-state index contributed by atoms with van der Waals surface area (Å²) >= 11 is 0. The van der Waals surface area contributed by atoms with Gasteiger partial charge in [-0.1, -0.05) is 0 Å². The molecule has 0 aliphatic rings. The first kappa shape index (κ1) is 12.7. The molecule has 0 saturated carbocycles. The van der Waals surface area contributed by atoms with Crippen molar-refractivity contribution in [3.8, 4) is 0 Å². The minimum atomic E-state index is 0. The summed E-state index contributed by atoms with van der Waals surface area (Å²) in [7, 11) is 2.02. The maximum atomic E-state index is 2.12. The van der Waals surface area contributed by atoms with Gasteiger partial charge in [-0.15, -0.1) is 0 Å². The van der Waals surface area contributed by atoms with Gasteiger partial charge in [0.1, 0.15) is 12.4 Å². The van der Waals surface area contributed by atoms with E-state index >= 15 is 0 Å². The van der Waals surface area contributed by atoms with E-state index in [0.717, 1.165) is 6.54 Å². The van der Waals surface area contributed by atoms with E-state index in [-0.39, 0.29) is 29.5 Å². The molecule has 0 saturated heterocycles. The molecule has 0 radical (unpaired) electrons. The van der Waals surface area contributed by atoms with Crippen LogP contribution < -0.4 is 17.0 Å². The van der Waals surface area contributed by atoms with Crippen LogP contribution in [0.1, 0.15) is 6.92 Å². The fourth-order valence-electron chi connectivity index (χ4n) is 0.689. The molecular formula is C6H11ClFeN2. The van der Waals surface area contributed by atoms with Crippen LogP contribution in [0, 0.1) is 0 Å². The number of hydrogen-bond donors (Lipinski definition) is 0. The van der Waals surface area contributed by atoms with Crippen LogP contribution in [0.4, 0.5) is 0 Å². The second kappa shape index (κ2) is 5.78. The van der Waals surface area contributed by atoms with Crippen LogP contribution in [-0.4, -0.2) is 4.57 Å². The van der Waals surface area contributed by atoms with Crippen molar-refractivity contribution in [1.29, 1.82) is 0 Å². The molecule has 0 fully saturated rings. The molecular weight excluding hydrogens is 191 g/mol. The Morgan fingerprint density at radius 3 is 2.30 bits per heavy atom. The maximum Gasteiger partial charge on any atom is 0.243 e. The van der Waals surface area contributed by atoms with E-state index in [1.54, 1.807) is 0 Å². The summed E-state index contributed by atoms with van der Waals surface area (Å²) < 4.78 is 4.16. The van der Waals surface area contributed by atoms with Gasteiger partial charge >= 0.3 is 0 Å². The van der Waals surface area contributed by atoms with Gasteiger partial charge in [-0.2, -0.15) is 0 Å². The first-order valence-electron chi connectivity index (χ1n) is 2.84. The number of hydrogen-bond acceptors (Lipinski definition) is 0. The summed E-state index contributed by atoms with van der Waals surface area (Å²) in [6.45, 7) is 3.18. The molecule has 1 rings (SSSR count). The van der Waals surface area contributed by atoms with Crippen LogP contribution in [-0.2, 0) is 30.7 Å². The van der Waals surface area contributed by atoms with Crippen molar-refractivity contribution >= 4 is 0 Å². The molecule has 1 aromatic rings. The third-order valence-electron chi connectivity index (χ3n) is 1.19. The number of aromatic nitrogens is 2. The predicted molar refractivity (Wildman–Crippen MR) is 31.3 cm³/mol. The minimum Gasteiger partial charge on any atom is -1.00 e. The van der Waals surface area contributed by atoms with Crippen molar-refractivity contribution < 1.29 is 34.0 Å². The summed E-state index contributed by atoms with van der Waals surface area (Å²) in [4.78, 5) is 0. The number of nitrogens with zero attached hydrogens (tertiary/aromatic N) is 2. The van der Waals surface area contributed by atoms with E-state index in [4.69, 9.17) is 0 Å². The zero-order valence-corrected chi connectivity index (χ0v) is 7.93. The third-order valence-corrected chi connectivity index (χ3v) is 1.19. The molecule has 0 spiro atoms. The van der Waals surface area contributed by atoms with Crippen molar-refractivity contribution in [2.45, 2.75) is 13.5 Å². The van der Waals surface area contributed by atoms with E-state index in [1.165, 1.54) is 0 Å². The second-order valence-electron chi connectivity index (χ2n) is 1.91. The summed E-state index contributed by atoms with van der Waals surface area (Å²) in [6, 6.07) is 0. The van der Waals surface area contributed by atoms with Crippen LogP contribution in [0.2, 0.25) is 0 Å². The topological polar surface area (TPSA) is 8.81 Å². The molecule has 0 bridgehead atoms. The molecule has 1 aromatic heterocycles. The fourth-order valence-corrected chi connectivity index (χ4v) is 0.689. The molecule has 0 unspecified atom stereocenters. The summed E-state index contributed by atoms with van der Waals surface area (Å²) in [5.41, 5.74) is 0. The van der Waals surface area contributed by atoms with Crippen molar-refractivity contribution in [3.05, 3.63) is 18.7 Å². The van der Waals surface area contributed by atoms with Gasteiger partial charge in [0.15, 0.2) is 0 Å². The van der Waals surface area contributed by atoms with Crippen LogP contribution >= 0.6 is 0 Å². The number of halogens is 1. The molecule has 2 nitrogen and oxygen atoms in total. The monoisotopic (exact) mass is 202 g/mol. The largest absolute Gasteiger partial charge is 1.00 e. The normalized spacial score (nSPS) is 7.80. The zero-order valence-electron chi connectivity index (χ0n) is 6.07. The average Bonchev–Trinajstić information content (AvgIpc) is 2.14. The van der Waals surface area contributed by atoms with E-state index in [1.807, 2.05) is 17.8 Å². The third kappa shape index (κ3) is 3.25. The molecule has 0 N–H and O–H groups in total. The molecule has 4 heteroatoms. The smallest absolute Gasteiger partial charge is 0.243 e. The quantitative estimate of drug-likeness (QED) is 0.347. The first-order chi connectivity index (χ1) is 3.83. The van der Waals surface area contributed by atoms with E-state index < -0.39 is 0 Å². The van der Waals surface area contributed by atoms with Gasteiger partial charge in [-0.25, -0.2) is 9.13 Å². The van der Waals surface area contributed by atoms with Crippen molar-refractivity contribution in [1.82, 2.24) is 4.57 Å². The minimum absolute atomic E-state index is 0. The predicted octanol–water partition coefficient (Wildman–Crippen LogP) is -2.67. The zero-order chi connectivity index (χ0) is 5.98. The summed E-state index contributed by atoms with van der Waals surface area (Å²) in [5, 5.41) is 0. The van der Waals surface area contributed by atoms with Crippen molar-refractivity contribution in [3.63, 3.8) is 0 Å². The molecule has 0 aliphatic heterocycles. The Labute approximate surface area is 78.1 Å². The summed E-state index contributed by atoms with van der Waals surface area (Å²) in [5.74, 6) is 0. The molecule has 0 aromatic carbocycles. The molecule has 0 atom stereocenters. The number of rotatable bonds is 1. The Kier molecular flexibility index (Phi) is 7.32. The summed E-state index contributed by atoms with van der Waals surface area (Å²) in [6.07, 6.45) is 6.14. The van der Waals surface area contributed by atoms with E-state index in [9.17, 15) is 0 Å². The van der Waals surface area contributed by atoms with Crippen molar-refractivity contribution in [2.24, 2.45) is 7.05 Å². The molecule has 10 heavy (non-hydrogen) atoms. The number of imidazole rings is 1. The maximum absolute atomic E-state index is 2.12. The molecule has 1 heterocycles. The Bertz CT molecular complexity index is 176. The van der Waals surface area contributed by atoms with Gasteiger partial charge in [0, 0.05) is 17.1 Å². The molecule has 0 amide bonds. The Morgan fingerprint density at radius 1 is 1.50 bits per heavy atom. The second-order valence-corrected chi connectivity index (χ2v) is 1.91. The van der Waals surface area contributed by atoms with Gasteiger partial charge < -0.3 is 12.4 Å². The molecule has 0 aliphatic carbocycles. The average molecular weight is 202 g/mol. The standard InChI is InChI=1S/C6H11N2.ClH.Fe/c1-3-8-5-4-7(2)6-8;;/h4-6H,3H2,1-2H3;1H;/q+1;;/p-1. The fraction of sp³-hybridized carbons (Fsp3) is 0.500. The van der Waals surface area contributed by atoms with Crippen LogP contribution in [0.15, 0.2) is 18.7 Å². The van der Waals surface area contributed by atoms with Gasteiger partial charge in [-0.3, -0.25) is 0 Å². The van der Waals surface area contributed by atoms with Crippen molar-refractivity contribution in [2.75, 3.05) is 0 Å². The van der Waals surface area contributed by atoms with Crippen LogP contribution in [0.3, 0.4) is 0 Å². The van der Waals surface area contributed by atoms with E-state index in [0.29, 0.717) is 0 Å². The van der Waals surface area contributed by atoms with Gasteiger partial charge in [0.25, 0.3) is 0 Å².